The maximum atomic E-state index is 12.5. The maximum absolute atomic E-state index is 12.5. The Balaban J connectivity index is 1.82. The molecule has 122 valence electrons. The quantitative estimate of drug-likeness (QED) is 0.854. The highest BCUT2D eigenvalue weighted by atomic mass is 16.4. The molecule has 1 aliphatic rings. The third-order valence-corrected chi connectivity index (χ3v) is 4.64. The minimum Gasteiger partial charge on any atom is -0.422 e. The molecule has 0 atom stereocenters. The number of benzene rings is 1. The fraction of sp³-hybridized carbons (Fsp3) is 0.474. The molecule has 0 aliphatic heterocycles. The van der Waals surface area contributed by atoms with Crippen LogP contribution in [0.2, 0.25) is 0 Å². The van der Waals surface area contributed by atoms with Crippen LogP contribution in [-0.4, -0.2) is 11.9 Å². The fourth-order valence-electron chi connectivity index (χ4n) is 3.31. The van der Waals surface area contributed by atoms with E-state index in [0.29, 0.717) is 5.58 Å². The smallest absolute Gasteiger partial charge is 0.349 e. The number of hydrogen-bond acceptors (Lipinski definition) is 3. The topological polar surface area (TPSA) is 59.3 Å². The molecule has 4 nitrogen and oxygen atoms in total. The van der Waals surface area contributed by atoms with Gasteiger partial charge in [0.25, 0.3) is 5.91 Å². The molecule has 1 aromatic heterocycles. The number of amides is 1. The molecule has 1 saturated carbocycles. The summed E-state index contributed by atoms with van der Waals surface area (Å²) in [6.07, 6.45) is 7.99. The highest BCUT2D eigenvalue weighted by Gasteiger charge is 2.19. The summed E-state index contributed by atoms with van der Waals surface area (Å²) in [4.78, 5) is 24.7. The summed E-state index contributed by atoms with van der Waals surface area (Å²) in [7, 11) is 0. The molecule has 1 amide bonds. The zero-order chi connectivity index (χ0) is 16.2. The van der Waals surface area contributed by atoms with E-state index in [1.807, 2.05) is 25.1 Å². The van der Waals surface area contributed by atoms with Crippen molar-refractivity contribution >= 4 is 16.9 Å². The normalized spacial score (nSPS) is 16.7. The van der Waals surface area contributed by atoms with E-state index in [2.05, 4.69) is 5.32 Å². The van der Waals surface area contributed by atoms with Gasteiger partial charge in [0.2, 0.25) is 0 Å². The summed E-state index contributed by atoms with van der Waals surface area (Å²) >= 11 is 0. The van der Waals surface area contributed by atoms with E-state index in [9.17, 15) is 9.59 Å². The average molecular weight is 313 g/mol. The molecular weight excluding hydrogens is 290 g/mol. The van der Waals surface area contributed by atoms with Gasteiger partial charge in [-0.1, -0.05) is 50.3 Å². The zero-order valence-electron chi connectivity index (χ0n) is 13.6. The van der Waals surface area contributed by atoms with Gasteiger partial charge in [-0.05, 0) is 31.4 Å². The van der Waals surface area contributed by atoms with Crippen molar-refractivity contribution in [3.8, 4) is 0 Å². The van der Waals surface area contributed by atoms with Crippen LogP contribution >= 0.6 is 0 Å². The monoisotopic (exact) mass is 313 g/mol. The van der Waals surface area contributed by atoms with Crippen molar-refractivity contribution in [1.29, 1.82) is 0 Å². The van der Waals surface area contributed by atoms with Crippen LogP contribution in [-0.2, 0) is 0 Å². The van der Waals surface area contributed by atoms with Crippen LogP contribution in [0.3, 0.4) is 0 Å². The lowest BCUT2D eigenvalue weighted by atomic mass is 9.96. The Morgan fingerprint density at radius 1 is 1.13 bits per heavy atom. The molecule has 0 radical (unpaired) electrons. The van der Waals surface area contributed by atoms with Gasteiger partial charge < -0.3 is 9.73 Å². The highest BCUT2D eigenvalue weighted by Crippen LogP contribution is 2.19. The van der Waals surface area contributed by atoms with Crippen molar-refractivity contribution in [2.75, 3.05) is 0 Å². The number of aryl methyl sites for hydroxylation is 1. The first-order valence-electron chi connectivity index (χ1n) is 8.49. The van der Waals surface area contributed by atoms with E-state index < -0.39 is 5.63 Å². The third-order valence-electron chi connectivity index (χ3n) is 4.64. The van der Waals surface area contributed by atoms with Crippen molar-refractivity contribution in [3.63, 3.8) is 0 Å². The minimum absolute atomic E-state index is 0.102. The molecule has 0 saturated heterocycles. The predicted octanol–water partition coefficient (Wildman–Crippen LogP) is 3.94. The van der Waals surface area contributed by atoms with E-state index in [0.717, 1.165) is 36.6 Å². The van der Waals surface area contributed by atoms with Gasteiger partial charge in [0.1, 0.15) is 11.1 Å². The summed E-state index contributed by atoms with van der Waals surface area (Å²) in [5, 5.41) is 3.81. The minimum atomic E-state index is -0.560. The third kappa shape index (κ3) is 3.63. The van der Waals surface area contributed by atoms with Crippen molar-refractivity contribution in [2.24, 2.45) is 0 Å². The lowest BCUT2D eigenvalue weighted by molar-refractivity contribution is 0.0927. The van der Waals surface area contributed by atoms with Gasteiger partial charge in [-0.3, -0.25) is 4.79 Å². The molecule has 3 rings (SSSR count). The van der Waals surface area contributed by atoms with Gasteiger partial charge in [0.05, 0.1) is 0 Å². The van der Waals surface area contributed by atoms with Crippen LogP contribution in [0.1, 0.15) is 60.9 Å². The number of carbonyl (C=O) groups is 1. The molecule has 4 heteroatoms. The van der Waals surface area contributed by atoms with Crippen molar-refractivity contribution < 1.29 is 9.21 Å². The molecule has 1 heterocycles. The summed E-state index contributed by atoms with van der Waals surface area (Å²) in [5.74, 6) is -0.312. The lowest BCUT2D eigenvalue weighted by Crippen LogP contribution is -2.37. The van der Waals surface area contributed by atoms with Crippen LogP contribution < -0.4 is 10.9 Å². The molecule has 1 aromatic carbocycles. The molecule has 1 aliphatic carbocycles. The van der Waals surface area contributed by atoms with Crippen LogP contribution in [0.4, 0.5) is 0 Å². The van der Waals surface area contributed by atoms with Crippen LogP contribution in [0.15, 0.2) is 33.5 Å². The van der Waals surface area contributed by atoms with Gasteiger partial charge in [0.15, 0.2) is 0 Å². The number of hydrogen-bond donors (Lipinski definition) is 1. The first-order valence-corrected chi connectivity index (χ1v) is 8.49. The average Bonchev–Trinajstić information content (AvgIpc) is 2.50. The Labute approximate surface area is 135 Å². The van der Waals surface area contributed by atoms with Gasteiger partial charge >= 0.3 is 5.63 Å². The predicted molar refractivity (Wildman–Crippen MR) is 90.8 cm³/mol. The van der Waals surface area contributed by atoms with Crippen molar-refractivity contribution in [1.82, 2.24) is 5.32 Å². The second-order valence-corrected chi connectivity index (χ2v) is 6.46. The van der Waals surface area contributed by atoms with E-state index in [1.165, 1.54) is 19.3 Å². The number of fused-ring (bicyclic) bond motifs is 1. The lowest BCUT2D eigenvalue weighted by Gasteiger charge is -2.20. The SMILES string of the molecule is Cc1cccc2cc(C(=O)NC3CCCCCCC3)c(=O)oc12. The number of nitrogens with one attached hydrogen (secondary N) is 1. The zero-order valence-corrected chi connectivity index (χ0v) is 13.6. The summed E-state index contributed by atoms with van der Waals surface area (Å²) in [5.41, 5.74) is 0.992. The largest absolute Gasteiger partial charge is 0.422 e. The van der Waals surface area contributed by atoms with Crippen LogP contribution in [0, 0.1) is 6.92 Å². The Morgan fingerprint density at radius 3 is 2.57 bits per heavy atom. The summed E-state index contributed by atoms with van der Waals surface area (Å²) in [6, 6.07) is 7.45. The van der Waals surface area contributed by atoms with E-state index >= 15 is 0 Å². The molecule has 2 aromatic rings. The van der Waals surface area contributed by atoms with Crippen LogP contribution in [0.5, 0.6) is 0 Å². The van der Waals surface area contributed by atoms with E-state index in [1.54, 1.807) is 6.07 Å². The van der Waals surface area contributed by atoms with Crippen molar-refractivity contribution in [3.05, 3.63) is 45.8 Å². The Morgan fingerprint density at radius 2 is 1.83 bits per heavy atom. The standard InChI is InChI=1S/C19H23NO3/c1-13-8-7-9-14-12-16(19(22)23-17(13)14)18(21)20-15-10-5-3-2-4-6-11-15/h7-9,12,15H,2-6,10-11H2,1H3,(H,20,21). The molecule has 1 N–H and O–H groups in total. The Bertz CT molecular complexity index is 755. The number of carbonyl (C=O) groups excluding carboxylic acids is 1. The van der Waals surface area contributed by atoms with E-state index in [-0.39, 0.29) is 17.5 Å². The molecule has 0 bridgehead atoms. The molecule has 0 spiro atoms. The highest BCUT2D eigenvalue weighted by molar-refractivity contribution is 5.97. The molecule has 0 unspecified atom stereocenters. The number of rotatable bonds is 2. The van der Waals surface area contributed by atoms with E-state index in [4.69, 9.17) is 4.42 Å². The summed E-state index contributed by atoms with van der Waals surface area (Å²) in [6.45, 7) is 1.89. The first kappa shape index (κ1) is 15.8. The number of para-hydroxylation sites is 1. The van der Waals surface area contributed by atoms with Gasteiger partial charge in [-0.2, -0.15) is 0 Å². The first-order chi connectivity index (χ1) is 11.1. The fourth-order valence-corrected chi connectivity index (χ4v) is 3.31. The molecular formula is C19H23NO3. The molecule has 23 heavy (non-hydrogen) atoms. The Hall–Kier alpha value is -2.10. The second kappa shape index (κ2) is 6.99. The second-order valence-electron chi connectivity index (χ2n) is 6.46. The van der Waals surface area contributed by atoms with Crippen molar-refractivity contribution in [2.45, 2.75) is 57.9 Å². The van der Waals surface area contributed by atoms with Gasteiger partial charge in [-0.15, -0.1) is 0 Å². The van der Waals surface area contributed by atoms with Crippen LogP contribution in [0.25, 0.3) is 11.0 Å². The maximum Gasteiger partial charge on any atom is 0.349 e. The van der Waals surface area contributed by atoms with Gasteiger partial charge in [-0.25, -0.2) is 4.79 Å². The summed E-state index contributed by atoms with van der Waals surface area (Å²) < 4.78 is 5.36. The molecule has 1 fully saturated rings. The Kier molecular flexibility index (Phi) is 4.79. The van der Waals surface area contributed by atoms with Gasteiger partial charge in [0, 0.05) is 11.4 Å².